The van der Waals surface area contributed by atoms with E-state index in [0.29, 0.717) is 12.3 Å². The van der Waals surface area contributed by atoms with Crippen LogP contribution in [0.2, 0.25) is 0 Å². The molecule has 0 spiro atoms. The summed E-state index contributed by atoms with van der Waals surface area (Å²) in [7, 11) is 0. The van der Waals surface area contributed by atoms with Crippen molar-refractivity contribution >= 4 is 29.9 Å². The van der Waals surface area contributed by atoms with Gasteiger partial charge in [0.2, 0.25) is 0 Å². The molecule has 0 aliphatic heterocycles. The van der Waals surface area contributed by atoms with Crippen LogP contribution < -0.4 is 15.4 Å². The van der Waals surface area contributed by atoms with Gasteiger partial charge in [-0.25, -0.2) is 9.38 Å². The van der Waals surface area contributed by atoms with E-state index in [1.165, 1.54) is 12.1 Å². The predicted molar refractivity (Wildman–Crippen MR) is 96.2 cm³/mol. The first-order valence-electron chi connectivity index (χ1n) is 7.13. The van der Waals surface area contributed by atoms with Gasteiger partial charge in [-0.3, -0.25) is 0 Å². The van der Waals surface area contributed by atoms with E-state index in [-0.39, 0.29) is 35.9 Å². The summed E-state index contributed by atoms with van der Waals surface area (Å²) in [6, 6.07) is 6.19. The molecule has 6 heteroatoms. The number of nitrogens with zero attached hydrogens (tertiary/aromatic N) is 1. The molecule has 0 radical (unpaired) electrons. The van der Waals surface area contributed by atoms with Crippen molar-refractivity contribution in [1.29, 1.82) is 0 Å². The third kappa shape index (κ3) is 8.08. The molecule has 0 aliphatic rings. The van der Waals surface area contributed by atoms with E-state index in [2.05, 4.69) is 15.6 Å². The zero-order chi connectivity index (χ0) is 14.8. The van der Waals surface area contributed by atoms with Crippen molar-refractivity contribution in [3.8, 4) is 5.75 Å². The van der Waals surface area contributed by atoms with Crippen molar-refractivity contribution in [1.82, 2.24) is 10.6 Å². The third-order valence-electron chi connectivity index (χ3n) is 2.70. The molecule has 1 aromatic carbocycles. The van der Waals surface area contributed by atoms with Gasteiger partial charge in [-0.2, -0.15) is 0 Å². The first-order chi connectivity index (χ1) is 9.69. The second-order valence-electron chi connectivity index (χ2n) is 4.36. The van der Waals surface area contributed by atoms with Gasteiger partial charge in [0.05, 0.1) is 6.54 Å². The van der Waals surface area contributed by atoms with E-state index in [0.717, 1.165) is 25.5 Å². The van der Waals surface area contributed by atoms with Gasteiger partial charge in [0.25, 0.3) is 0 Å². The normalized spacial score (nSPS) is 11.0. The number of hydrogen-bond acceptors (Lipinski definition) is 2. The lowest BCUT2D eigenvalue weighted by molar-refractivity contribution is 0.205. The fourth-order valence-electron chi connectivity index (χ4n) is 1.68. The Morgan fingerprint density at radius 2 is 1.90 bits per heavy atom. The summed E-state index contributed by atoms with van der Waals surface area (Å²) >= 11 is 0. The lowest BCUT2D eigenvalue weighted by Gasteiger charge is -2.17. The first kappa shape index (κ1) is 19.9. The topological polar surface area (TPSA) is 45.7 Å². The van der Waals surface area contributed by atoms with E-state index in [1.54, 1.807) is 12.1 Å². The summed E-state index contributed by atoms with van der Waals surface area (Å²) in [5.74, 6) is 1.03. The van der Waals surface area contributed by atoms with E-state index >= 15 is 0 Å². The molecule has 0 saturated carbocycles. The molecule has 0 saturated heterocycles. The lowest BCUT2D eigenvalue weighted by Crippen LogP contribution is -2.38. The van der Waals surface area contributed by atoms with Crippen molar-refractivity contribution in [2.75, 3.05) is 19.6 Å². The summed E-state index contributed by atoms with van der Waals surface area (Å²) in [5.41, 5.74) is 0. The van der Waals surface area contributed by atoms with Gasteiger partial charge in [0, 0.05) is 19.2 Å². The summed E-state index contributed by atoms with van der Waals surface area (Å²) in [4.78, 5) is 4.47. The summed E-state index contributed by atoms with van der Waals surface area (Å²) < 4.78 is 18.9. The molecular formula is C15H25FIN3O. The zero-order valence-electron chi connectivity index (χ0n) is 12.9. The van der Waals surface area contributed by atoms with Crippen LogP contribution in [0.4, 0.5) is 4.39 Å². The van der Waals surface area contributed by atoms with E-state index in [9.17, 15) is 4.39 Å². The van der Waals surface area contributed by atoms with Crippen LogP contribution in [-0.2, 0) is 0 Å². The van der Waals surface area contributed by atoms with Crippen molar-refractivity contribution in [2.45, 2.75) is 33.3 Å². The second kappa shape index (κ2) is 11.6. The van der Waals surface area contributed by atoms with Crippen LogP contribution in [0.1, 0.15) is 27.2 Å². The van der Waals surface area contributed by atoms with Gasteiger partial charge in [-0.1, -0.05) is 13.0 Å². The van der Waals surface area contributed by atoms with Crippen molar-refractivity contribution < 1.29 is 9.13 Å². The average Bonchev–Trinajstić information content (AvgIpc) is 2.43. The molecule has 2 N–H and O–H groups in total. The predicted octanol–water partition coefficient (Wildman–Crippen LogP) is 3.18. The Labute approximate surface area is 143 Å². The van der Waals surface area contributed by atoms with Crippen LogP contribution in [0, 0.1) is 5.82 Å². The number of rotatable bonds is 7. The summed E-state index contributed by atoms with van der Waals surface area (Å²) in [5, 5.41) is 6.32. The maximum Gasteiger partial charge on any atom is 0.191 e. The van der Waals surface area contributed by atoms with E-state index in [4.69, 9.17) is 4.74 Å². The highest BCUT2D eigenvalue weighted by atomic mass is 127. The van der Waals surface area contributed by atoms with Crippen LogP contribution in [0.5, 0.6) is 5.75 Å². The molecule has 21 heavy (non-hydrogen) atoms. The largest absolute Gasteiger partial charge is 0.488 e. The Morgan fingerprint density at radius 3 is 2.43 bits per heavy atom. The molecule has 4 nitrogen and oxygen atoms in total. The number of guanidine groups is 1. The average molecular weight is 409 g/mol. The smallest absolute Gasteiger partial charge is 0.191 e. The molecule has 0 bridgehead atoms. The Morgan fingerprint density at radius 1 is 1.24 bits per heavy atom. The minimum absolute atomic E-state index is 0. The van der Waals surface area contributed by atoms with Gasteiger partial charge in [-0.15, -0.1) is 24.0 Å². The van der Waals surface area contributed by atoms with Crippen LogP contribution in [-0.4, -0.2) is 31.7 Å². The van der Waals surface area contributed by atoms with E-state index in [1.807, 2.05) is 20.8 Å². The number of hydrogen-bond donors (Lipinski definition) is 2. The molecule has 1 aromatic rings. The van der Waals surface area contributed by atoms with Gasteiger partial charge >= 0.3 is 0 Å². The SMILES string of the molecule is CCNC(=NCC(CC)Oc1cccc(F)c1)NCC.I. The third-order valence-corrected chi connectivity index (χ3v) is 2.70. The maximum absolute atomic E-state index is 13.1. The Kier molecular flexibility index (Phi) is 11.0. The highest BCUT2D eigenvalue weighted by Gasteiger charge is 2.08. The maximum atomic E-state index is 13.1. The lowest BCUT2D eigenvalue weighted by atomic mass is 10.2. The fourth-order valence-corrected chi connectivity index (χ4v) is 1.68. The van der Waals surface area contributed by atoms with Crippen LogP contribution in [0.25, 0.3) is 0 Å². The minimum Gasteiger partial charge on any atom is -0.488 e. The summed E-state index contributed by atoms with van der Waals surface area (Å²) in [6.07, 6.45) is 0.745. The molecule has 0 aromatic heterocycles. The molecule has 0 amide bonds. The molecule has 120 valence electrons. The molecule has 0 fully saturated rings. The summed E-state index contributed by atoms with van der Waals surface area (Å²) in [6.45, 7) is 8.23. The minimum atomic E-state index is -0.290. The Balaban J connectivity index is 0.00000400. The molecule has 0 heterocycles. The highest BCUT2D eigenvalue weighted by molar-refractivity contribution is 14.0. The number of benzene rings is 1. The van der Waals surface area contributed by atoms with Gasteiger partial charge in [-0.05, 0) is 32.4 Å². The Hall–Kier alpha value is -1.05. The van der Waals surface area contributed by atoms with Crippen molar-refractivity contribution in [3.63, 3.8) is 0 Å². The molecule has 1 unspecified atom stereocenters. The van der Waals surface area contributed by atoms with Gasteiger partial charge in [0.1, 0.15) is 17.7 Å². The monoisotopic (exact) mass is 409 g/mol. The Bertz CT molecular complexity index is 421. The number of aliphatic imine (C=N–C) groups is 1. The molecule has 1 atom stereocenters. The zero-order valence-corrected chi connectivity index (χ0v) is 15.2. The van der Waals surface area contributed by atoms with Gasteiger partial charge < -0.3 is 15.4 Å². The van der Waals surface area contributed by atoms with Gasteiger partial charge in [0.15, 0.2) is 5.96 Å². The molecular weight excluding hydrogens is 384 g/mol. The van der Waals surface area contributed by atoms with Crippen molar-refractivity contribution in [2.24, 2.45) is 4.99 Å². The van der Waals surface area contributed by atoms with Crippen LogP contribution in [0.3, 0.4) is 0 Å². The second-order valence-corrected chi connectivity index (χ2v) is 4.36. The number of halogens is 2. The van der Waals surface area contributed by atoms with Crippen LogP contribution in [0.15, 0.2) is 29.3 Å². The van der Waals surface area contributed by atoms with Crippen LogP contribution >= 0.6 is 24.0 Å². The molecule has 0 aliphatic carbocycles. The first-order valence-corrected chi connectivity index (χ1v) is 7.13. The number of nitrogens with one attached hydrogen (secondary N) is 2. The number of ether oxygens (including phenoxy) is 1. The quantitative estimate of drug-likeness (QED) is 0.413. The van der Waals surface area contributed by atoms with E-state index < -0.39 is 0 Å². The fraction of sp³-hybridized carbons (Fsp3) is 0.533. The van der Waals surface area contributed by atoms with Crippen molar-refractivity contribution in [3.05, 3.63) is 30.1 Å². The standard InChI is InChI=1S/C15H24FN3O.HI/c1-4-13(11-19-15(17-5-2)18-6-3)20-14-9-7-8-12(16)10-14;/h7-10,13H,4-6,11H2,1-3H3,(H2,17,18,19);1H. The highest BCUT2D eigenvalue weighted by Crippen LogP contribution is 2.15. The molecule has 1 rings (SSSR count).